The molecule has 0 aliphatic carbocycles. The van der Waals surface area contributed by atoms with Gasteiger partial charge in [0.2, 0.25) is 5.91 Å². The van der Waals surface area contributed by atoms with Crippen LogP contribution in [0.25, 0.3) is 0 Å². The van der Waals surface area contributed by atoms with Crippen LogP contribution in [0.5, 0.6) is 5.75 Å². The van der Waals surface area contributed by atoms with Gasteiger partial charge in [-0.25, -0.2) is 0 Å². The Kier molecular flexibility index (Phi) is 1.75. The number of hydrogen-bond donors (Lipinski definition) is 1. The predicted molar refractivity (Wildman–Crippen MR) is 55.5 cm³/mol. The summed E-state index contributed by atoms with van der Waals surface area (Å²) in [4.78, 5) is 11.6. The van der Waals surface area contributed by atoms with Crippen LogP contribution in [0.4, 0.5) is 0 Å². The van der Waals surface area contributed by atoms with Crippen LogP contribution in [0.3, 0.4) is 0 Å². The van der Waals surface area contributed by atoms with Crippen molar-refractivity contribution < 1.29 is 9.53 Å². The van der Waals surface area contributed by atoms with Crippen LogP contribution in [0.1, 0.15) is 24.8 Å². The molecular weight excluding hydrogens is 190 g/mol. The second-order valence-corrected chi connectivity index (χ2v) is 4.13. The molecule has 0 saturated carbocycles. The summed E-state index contributed by atoms with van der Waals surface area (Å²) >= 11 is 0. The van der Waals surface area contributed by atoms with Crippen molar-refractivity contribution in [3.63, 3.8) is 0 Å². The lowest BCUT2D eigenvalue weighted by Gasteiger charge is -2.11. The topological polar surface area (TPSA) is 38.3 Å². The zero-order valence-corrected chi connectivity index (χ0v) is 8.57. The number of amides is 1. The number of carbonyl (C=O) groups excluding carboxylic acids is 1. The molecule has 1 saturated heterocycles. The highest BCUT2D eigenvalue weighted by Gasteiger charge is 2.48. The molecule has 2 aliphatic heterocycles. The normalized spacial score (nSPS) is 31.8. The van der Waals surface area contributed by atoms with Crippen LogP contribution in [0, 0.1) is 5.92 Å². The fourth-order valence-corrected chi connectivity index (χ4v) is 2.63. The van der Waals surface area contributed by atoms with E-state index in [1.54, 1.807) is 0 Å². The SMILES string of the molecule is CC[C@@H]1C(=O)N[C@H]2Oc3ccccc3[C@@H]12. The second kappa shape index (κ2) is 2.99. The molecule has 1 N–H and O–H groups in total. The van der Waals surface area contributed by atoms with E-state index in [0.29, 0.717) is 0 Å². The molecule has 15 heavy (non-hydrogen) atoms. The van der Waals surface area contributed by atoms with E-state index in [-0.39, 0.29) is 24.0 Å². The average molecular weight is 203 g/mol. The third-order valence-corrected chi connectivity index (χ3v) is 3.35. The van der Waals surface area contributed by atoms with Gasteiger partial charge in [-0.1, -0.05) is 25.1 Å². The van der Waals surface area contributed by atoms with E-state index in [9.17, 15) is 4.79 Å². The summed E-state index contributed by atoms with van der Waals surface area (Å²) in [5, 5.41) is 2.90. The van der Waals surface area contributed by atoms with Gasteiger partial charge in [-0.05, 0) is 12.5 Å². The van der Waals surface area contributed by atoms with E-state index in [4.69, 9.17) is 4.74 Å². The maximum Gasteiger partial charge on any atom is 0.226 e. The molecule has 1 fully saturated rings. The number of rotatable bonds is 1. The molecule has 0 unspecified atom stereocenters. The number of carbonyl (C=O) groups is 1. The van der Waals surface area contributed by atoms with E-state index >= 15 is 0 Å². The van der Waals surface area contributed by atoms with Gasteiger partial charge in [0.1, 0.15) is 5.75 Å². The monoisotopic (exact) mass is 203 g/mol. The van der Waals surface area contributed by atoms with Crippen molar-refractivity contribution >= 4 is 5.91 Å². The highest BCUT2D eigenvalue weighted by Crippen LogP contribution is 2.45. The fraction of sp³-hybridized carbons (Fsp3) is 0.417. The predicted octanol–water partition coefficient (Wildman–Crippen LogP) is 1.64. The zero-order chi connectivity index (χ0) is 10.4. The maximum absolute atomic E-state index is 11.6. The summed E-state index contributed by atoms with van der Waals surface area (Å²) in [6.07, 6.45) is 0.727. The largest absolute Gasteiger partial charge is 0.470 e. The summed E-state index contributed by atoms with van der Waals surface area (Å²) < 4.78 is 5.70. The lowest BCUT2D eigenvalue weighted by atomic mass is 9.87. The molecule has 0 spiro atoms. The van der Waals surface area contributed by atoms with Crippen molar-refractivity contribution in [1.29, 1.82) is 0 Å². The summed E-state index contributed by atoms with van der Waals surface area (Å²) in [5.74, 6) is 1.32. The van der Waals surface area contributed by atoms with Crippen LogP contribution in [-0.2, 0) is 4.79 Å². The number of ether oxygens (including phenoxy) is 1. The lowest BCUT2D eigenvalue weighted by Crippen LogP contribution is -2.30. The number of para-hydroxylation sites is 1. The minimum absolute atomic E-state index is 0.0682. The number of benzene rings is 1. The Bertz CT molecular complexity index is 416. The molecule has 3 nitrogen and oxygen atoms in total. The van der Waals surface area contributed by atoms with Crippen LogP contribution in [0.15, 0.2) is 24.3 Å². The van der Waals surface area contributed by atoms with Crippen molar-refractivity contribution in [3.05, 3.63) is 29.8 Å². The highest BCUT2D eigenvalue weighted by molar-refractivity contribution is 5.83. The Morgan fingerprint density at radius 1 is 1.40 bits per heavy atom. The Labute approximate surface area is 88.4 Å². The van der Waals surface area contributed by atoms with Crippen LogP contribution >= 0.6 is 0 Å². The number of fused-ring (bicyclic) bond motifs is 3. The minimum atomic E-state index is -0.139. The van der Waals surface area contributed by atoms with Gasteiger partial charge in [-0.3, -0.25) is 4.79 Å². The average Bonchev–Trinajstić information content (AvgIpc) is 2.72. The van der Waals surface area contributed by atoms with E-state index < -0.39 is 0 Å². The van der Waals surface area contributed by atoms with Gasteiger partial charge in [0, 0.05) is 5.56 Å². The maximum atomic E-state index is 11.6. The molecular formula is C12H13NO2. The number of hydrogen-bond acceptors (Lipinski definition) is 2. The molecule has 0 aromatic heterocycles. The Hall–Kier alpha value is -1.51. The van der Waals surface area contributed by atoms with Crippen molar-refractivity contribution in [2.75, 3.05) is 0 Å². The van der Waals surface area contributed by atoms with Gasteiger partial charge in [0.15, 0.2) is 6.23 Å². The first-order valence-electron chi connectivity index (χ1n) is 5.37. The molecule has 1 amide bonds. The Balaban J connectivity index is 2.05. The van der Waals surface area contributed by atoms with Crippen molar-refractivity contribution in [2.45, 2.75) is 25.5 Å². The minimum Gasteiger partial charge on any atom is -0.470 e. The quantitative estimate of drug-likeness (QED) is 0.753. The standard InChI is InChI=1S/C12H13NO2/c1-2-7-10-8-5-3-4-6-9(8)15-12(10)13-11(7)14/h3-7,10,12H,2H2,1H3,(H,13,14)/t7-,10+,12-/m0/s1. The van der Waals surface area contributed by atoms with Gasteiger partial charge in [-0.15, -0.1) is 0 Å². The molecule has 1 aromatic carbocycles. The van der Waals surface area contributed by atoms with Crippen molar-refractivity contribution in [2.24, 2.45) is 5.92 Å². The van der Waals surface area contributed by atoms with Crippen LogP contribution in [0.2, 0.25) is 0 Å². The lowest BCUT2D eigenvalue weighted by molar-refractivity contribution is -0.123. The molecule has 3 rings (SSSR count). The van der Waals surface area contributed by atoms with E-state index in [1.807, 2.05) is 25.1 Å². The Morgan fingerprint density at radius 3 is 3.00 bits per heavy atom. The molecule has 3 atom stereocenters. The van der Waals surface area contributed by atoms with Gasteiger partial charge < -0.3 is 10.1 Å². The van der Waals surface area contributed by atoms with E-state index in [0.717, 1.165) is 12.2 Å². The zero-order valence-electron chi connectivity index (χ0n) is 8.57. The molecule has 1 aromatic rings. The molecule has 0 radical (unpaired) electrons. The fourth-order valence-electron chi connectivity index (χ4n) is 2.63. The van der Waals surface area contributed by atoms with Gasteiger partial charge in [0.05, 0.1) is 11.8 Å². The van der Waals surface area contributed by atoms with E-state index in [2.05, 4.69) is 11.4 Å². The summed E-state index contributed by atoms with van der Waals surface area (Å²) in [7, 11) is 0. The molecule has 3 heteroatoms. The first-order chi connectivity index (χ1) is 7.31. The van der Waals surface area contributed by atoms with Gasteiger partial charge in [0.25, 0.3) is 0 Å². The van der Waals surface area contributed by atoms with E-state index in [1.165, 1.54) is 5.56 Å². The molecule has 0 bridgehead atoms. The van der Waals surface area contributed by atoms with Gasteiger partial charge >= 0.3 is 0 Å². The smallest absolute Gasteiger partial charge is 0.226 e. The first-order valence-corrected chi connectivity index (χ1v) is 5.37. The van der Waals surface area contributed by atoms with Crippen molar-refractivity contribution in [3.8, 4) is 5.75 Å². The summed E-state index contributed by atoms with van der Waals surface area (Å²) in [5.41, 5.74) is 1.17. The molecule has 2 aliphatic rings. The molecule has 2 heterocycles. The third kappa shape index (κ3) is 1.09. The highest BCUT2D eigenvalue weighted by atomic mass is 16.5. The van der Waals surface area contributed by atoms with Gasteiger partial charge in [-0.2, -0.15) is 0 Å². The first kappa shape index (κ1) is 8.77. The summed E-state index contributed by atoms with van der Waals surface area (Å²) in [6, 6.07) is 7.98. The number of nitrogens with one attached hydrogen (secondary N) is 1. The Morgan fingerprint density at radius 2 is 2.20 bits per heavy atom. The third-order valence-electron chi connectivity index (χ3n) is 3.35. The van der Waals surface area contributed by atoms with Crippen molar-refractivity contribution in [1.82, 2.24) is 5.32 Å². The van der Waals surface area contributed by atoms with Crippen LogP contribution in [-0.4, -0.2) is 12.1 Å². The molecule has 78 valence electrons. The summed E-state index contributed by atoms with van der Waals surface area (Å²) in [6.45, 7) is 2.05. The van der Waals surface area contributed by atoms with Crippen LogP contribution < -0.4 is 10.1 Å². The second-order valence-electron chi connectivity index (χ2n) is 4.13.